The van der Waals surface area contributed by atoms with Gasteiger partial charge in [0.2, 0.25) is 5.82 Å². The summed E-state index contributed by atoms with van der Waals surface area (Å²) in [6.45, 7) is 1.81. The van der Waals surface area contributed by atoms with Crippen LogP contribution in [0.15, 0.2) is 27.8 Å². The van der Waals surface area contributed by atoms with E-state index in [-0.39, 0.29) is 11.6 Å². The van der Waals surface area contributed by atoms with Crippen molar-refractivity contribution in [2.24, 2.45) is 14.1 Å². The molecule has 0 amide bonds. The number of nitrogens with zero attached hydrogens (tertiary/aromatic N) is 4. The molecule has 4 rings (SSSR count). The molecule has 1 atom stereocenters. The maximum absolute atomic E-state index is 12.5. The van der Waals surface area contributed by atoms with Crippen molar-refractivity contribution in [3.8, 4) is 11.5 Å². The first-order valence-electron chi connectivity index (χ1n) is 8.37. The molecule has 132 valence electrons. The van der Waals surface area contributed by atoms with Gasteiger partial charge in [-0.15, -0.1) is 5.10 Å². The summed E-state index contributed by atoms with van der Waals surface area (Å²) in [5.74, 6) is 1.79. The SMILES string of the molecule is Cn1nc(N2CCC[C@@H]2c2ccc3c(c2)OCCO3)c(=O)n(C)c1=O. The lowest BCUT2D eigenvalue weighted by Gasteiger charge is -2.27. The zero-order valence-electron chi connectivity index (χ0n) is 14.3. The van der Waals surface area contributed by atoms with Gasteiger partial charge in [-0.1, -0.05) is 6.07 Å². The molecule has 0 spiro atoms. The Hall–Kier alpha value is -2.77. The molecule has 1 aromatic carbocycles. The van der Waals surface area contributed by atoms with E-state index < -0.39 is 5.69 Å². The van der Waals surface area contributed by atoms with Crippen LogP contribution in [0.25, 0.3) is 0 Å². The Balaban J connectivity index is 1.75. The van der Waals surface area contributed by atoms with Gasteiger partial charge < -0.3 is 14.4 Å². The van der Waals surface area contributed by atoms with Crippen molar-refractivity contribution >= 4 is 5.82 Å². The molecule has 0 unspecified atom stereocenters. The van der Waals surface area contributed by atoms with Gasteiger partial charge in [0, 0.05) is 20.6 Å². The van der Waals surface area contributed by atoms with Crippen LogP contribution >= 0.6 is 0 Å². The van der Waals surface area contributed by atoms with Crippen molar-refractivity contribution in [2.45, 2.75) is 18.9 Å². The Kier molecular flexibility index (Phi) is 3.74. The Bertz CT molecular complexity index is 933. The topological polar surface area (TPSA) is 78.6 Å². The minimum Gasteiger partial charge on any atom is -0.486 e. The number of rotatable bonds is 2. The van der Waals surface area contributed by atoms with E-state index in [1.807, 2.05) is 23.1 Å². The smallest absolute Gasteiger partial charge is 0.346 e. The molecule has 2 aliphatic heterocycles. The number of benzene rings is 1. The van der Waals surface area contributed by atoms with Crippen molar-refractivity contribution in [2.75, 3.05) is 24.7 Å². The van der Waals surface area contributed by atoms with Crippen LogP contribution < -0.4 is 25.6 Å². The van der Waals surface area contributed by atoms with Crippen LogP contribution in [-0.4, -0.2) is 34.1 Å². The molecule has 1 saturated heterocycles. The van der Waals surface area contributed by atoms with Crippen molar-refractivity contribution in [3.05, 3.63) is 44.6 Å². The van der Waals surface area contributed by atoms with E-state index in [9.17, 15) is 9.59 Å². The van der Waals surface area contributed by atoms with Crippen LogP contribution in [0.5, 0.6) is 11.5 Å². The number of aryl methyl sites for hydroxylation is 1. The van der Waals surface area contributed by atoms with Gasteiger partial charge in [-0.3, -0.25) is 9.36 Å². The van der Waals surface area contributed by atoms with Gasteiger partial charge in [0.15, 0.2) is 11.5 Å². The van der Waals surface area contributed by atoms with Gasteiger partial charge in [0.25, 0.3) is 5.56 Å². The number of aromatic nitrogens is 3. The first-order valence-corrected chi connectivity index (χ1v) is 8.37. The third-order valence-electron chi connectivity index (χ3n) is 4.78. The Morgan fingerprint density at radius 2 is 1.88 bits per heavy atom. The second-order valence-electron chi connectivity index (χ2n) is 6.35. The zero-order chi connectivity index (χ0) is 17.6. The maximum Gasteiger partial charge on any atom is 0.346 e. The van der Waals surface area contributed by atoms with Crippen LogP contribution in [0.2, 0.25) is 0 Å². The summed E-state index contributed by atoms with van der Waals surface area (Å²) >= 11 is 0. The van der Waals surface area contributed by atoms with Crippen LogP contribution in [0.3, 0.4) is 0 Å². The highest BCUT2D eigenvalue weighted by atomic mass is 16.6. The van der Waals surface area contributed by atoms with Gasteiger partial charge in [0.05, 0.1) is 6.04 Å². The molecular formula is C17H20N4O4. The Labute approximate surface area is 144 Å². The predicted molar refractivity (Wildman–Crippen MR) is 91.5 cm³/mol. The van der Waals surface area contributed by atoms with Crippen LogP contribution in [0, 0.1) is 0 Å². The van der Waals surface area contributed by atoms with Gasteiger partial charge in [-0.25, -0.2) is 9.48 Å². The van der Waals surface area contributed by atoms with E-state index in [0.29, 0.717) is 19.0 Å². The Morgan fingerprint density at radius 3 is 2.68 bits per heavy atom. The number of ether oxygens (including phenoxy) is 2. The standard InChI is InChI=1S/C17H20N4O4/c1-19-16(22)15(18-20(2)17(19)23)21-7-3-4-12(21)11-5-6-13-14(10-11)25-9-8-24-13/h5-6,10,12H,3-4,7-9H2,1-2H3/t12-/m1/s1. The molecule has 25 heavy (non-hydrogen) atoms. The van der Waals surface area contributed by atoms with E-state index in [2.05, 4.69) is 5.10 Å². The highest BCUT2D eigenvalue weighted by Crippen LogP contribution is 2.38. The summed E-state index contributed by atoms with van der Waals surface area (Å²) in [5.41, 5.74) is 0.260. The minimum absolute atomic E-state index is 0.0218. The summed E-state index contributed by atoms with van der Waals surface area (Å²) in [6.07, 6.45) is 1.86. The highest BCUT2D eigenvalue weighted by molar-refractivity contribution is 5.48. The largest absolute Gasteiger partial charge is 0.486 e. The quantitative estimate of drug-likeness (QED) is 0.793. The van der Waals surface area contributed by atoms with Crippen LogP contribution in [0.4, 0.5) is 5.82 Å². The van der Waals surface area contributed by atoms with E-state index >= 15 is 0 Å². The molecule has 1 aromatic heterocycles. The third kappa shape index (κ3) is 2.57. The average Bonchev–Trinajstić information content (AvgIpc) is 3.12. The van der Waals surface area contributed by atoms with Gasteiger partial charge in [-0.2, -0.15) is 0 Å². The predicted octanol–water partition coefficient (Wildman–Crippen LogP) is 0.592. The van der Waals surface area contributed by atoms with Crippen LogP contribution in [0.1, 0.15) is 24.4 Å². The molecule has 0 N–H and O–H groups in total. The summed E-state index contributed by atoms with van der Waals surface area (Å²) < 4.78 is 13.5. The summed E-state index contributed by atoms with van der Waals surface area (Å²) in [6, 6.07) is 5.91. The molecule has 3 heterocycles. The van der Waals surface area contributed by atoms with Gasteiger partial charge >= 0.3 is 5.69 Å². The van der Waals surface area contributed by atoms with Crippen molar-refractivity contribution in [1.82, 2.24) is 14.3 Å². The molecule has 0 radical (unpaired) electrons. The number of fused-ring (bicyclic) bond motifs is 1. The van der Waals surface area contributed by atoms with E-state index in [1.54, 1.807) is 7.05 Å². The molecule has 2 aromatic rings. The number of anilines is 1. The highest BCUT2D eigenvalue weighted by Gasteiger charge is 2.31. The Morgan fingerprint density at radius 1 is 1.12 bits per heavy atom. The van der Waals surface area contributed by atoms with E-state index in [4.69, 9.17) is 9.47 Å². The summed E-state index contributed by atoms with van der Waals surface area (Å²) in [7, 11) is 3.03. The average molecular weight is 344 g/mol. The lowest BCUT2D eigenvalue weighted by molar-refractivity contribution is 0.171. The lowest BCUT2D eigenvalue weighted by Crippen LogP contribution is -2.43. The molecule has 0 saturated carbocycles. The molecule has 0 bridgehead atoms. The fraction of sp³-hybridized carbons (Fsp3) is 0.471. The molecule has 8 nitrogen and oxygen atoms in total. The summed E-state index contributed by atoms with van der Waals surface area (Å²) in [5, 5.41) is 4.22. The summed E-state index contributed by atoms with van der Waals surface area (Å²) in [4.78, 5) is 26.4. The fourth-order valence-electron chi connectivity index (χ4n) is 3.50. The van der Waals surface area contributed by atoms with Crippen molar-refractivity contribution in [1.29, 1.82) is 0 Å². The second kappa shape index (κ2) is 5.94. The normalized spacial score (nSPS) is 19.3. The van der Waals surface area contributed by atoms with E-state index in [1.165, 1.54) is 11.7 Å². The van der Waals surface area contributed by atoms with E-state index in [0.717, 1.165) is 41.0 Å². The zero-order valence-corrected chi connectivity index (χ0v) is 14.3. The minimum atomic E-state index is -0.427. The fourth-order valence-corrected chi connectivity index (χ4v) is 3.50. The maximum atomic E-state index is 12.5. The van der Waals surface area contributed by atoms with Gasteiger partial charge in [0.1, 0.15) is 13.2 Å². The lowest BCUT2D eigenvalue weighted by atomic mass is 10.0. The van der Waals surface area contributed by atoms with Crippen LogP contribution in [-0.2, 0) is 14.1 Å². The molecular weight excluding hydrogens is 324 g/mol. The van der Waals surface area contributed by atoms with Crippen molar-refractivity contribution < 1.29 is 9.47 Å². The third-order valence-corrected chi connectivity index (χ3v) is 4.78. The second-order valence-corrected chi connectivity index (χ2v) is 6.35. The monoisotopic (exact) mass is 344 g/mol. The van der Waals surface area contributed by atoms with Crippen molar-refractivity contribution in [3.63, 3.8) is 0 Å². The first-order chi connectivity index (χ1) is 12.1. The van der Waals surface area contributed by atoms with Gasteiger partial charge in [-0.05, 0) is 30.5 Å². The first kappa shape index (κ1) is 15.7. The molecule has 8 heteroatoms. The molecule has 0 aliphatic carbocycles. The number of hydrogen-bond donors (Lipinski definition) is 0. The number of hydrogen-bond acceptors (Lipinski definition) is 6. The molecule has 2 aliphatic rings. The molecule has 1 fully saturated rings.